The molecule has 602 valence electrons. The normalized spacial score (nSPS) is 17.0. The third-order valence-electron chi connectivity index (χ3n) is 7.92. The van der Waals surface area contributed by atoms with Crippen LogP contribution in [0.25, 0.3) is 0 Å². The topological polar surface area (TPSA) is 0 Å². The highest BCUT2D eigenvalue weighted by Crippen LogP contribution is 2.47. The second-order valence-corrected chi connectivity index (χ2v) is 359. The van der Waals surface area contributed by atoms with Gasteiger partial charge in [0.05, 0.1) is 0 Å². The quantitative estimate of drug-likeness (QED) is 0.0552. The van der Waals surface area contributed by atoms with Gasteiger partial charge in [-0.25, -0.2) is 22.4 Å². The molecule has 0 heterocycles. The molecule has 0 saturated heterocycles. The van der Waals surface area contributed by atoms with E-state index in [1.807, 2.05) is 0 Å². The number of hydrogen-bond donors (Lipinski definition) is 1. The summed E-state index contributed by atoms with van der Waals surface area (Å²) in [7, 11) is -1.60. The first-order chi connectivity index (χ1) is 41.7. The first-order valence-corrected chi connectivity index (χ1v) is 149. The SMILES string of the molecule is S=[S-](=S)S(=S)(=S)S(=S)(=S)S(=S)(=S)S(=S)(=S)S(=S)(=S)S(=S)(=S)S(=S)(=S)S(=S)(=S)S(=S)(=S)S(=S)(=S)S(=S)(=S)S(=S)(=S)S(=S)(=S)S(=S)(=S)S(=S)(=S)S(=S)(=S)S(=S)(=S)S(=S)(=S)S(=S)(=S)S(=S)(=S)S(=S)(=S)S(=S)(=S)S(=S)(=S)S(=S)(=S)S(=S)(=S)S(=S)(=S)S(=S)(=S)S(=S)(=S)S(=S)(=S)S(=S)(=S)S(=S)(=S)S(=S)(=S)S. The summed E-state index contributed by atoms with van der Waals surface area (Å²) in [5, 5.41) is -126. The van der Waals surface area contributed by atoms with Crippen LogP contribution in [0.4, 0.5) is 0 Å². The van der Waals surface area contributed by atoms with Crippen LogP contribution < -0.4 is 0 Å². The van der Waals surface area contributed by atoms with Gasteiger partial charge in [0.1, 0.15) is 0 Å². The molecule has 0 aliphatic heterocycles. The number of hydrogen-bond acceptors (Lipinski definition) is 67. The van der Waals surface area contributed by atoms with Gasteiger partial charge in [0.2, 0.25) is 0 Å². The maximum Gasteiger partial charge on any atom is 0.0451 e. The Labute approximate surface area is 895 Å². The fourth-order valence-electron chi connectivity index (χ4n) is 3.13. The van der Waals surface area contributed by atoms with Crippen molar-refractivity contribution in [1.29, 1.82) is 0 Å². The zero-order chi connectivity index (χ0) is 83.6. The van der Waals surface area contributed by atoms with Gasteiger partial charge in [-0.1, -0.05) is 39.2 Å². The highest BCUT2D eigenvalue weighted by atomic mass is 34.5. The molecule has 0 fully saturated rings. The summed E-state index contributed by atoms with van der Waals surface area (Å²) in [6.07, 6.45) is 0. The van der Waals surface area contributed by atoms with Crippen LogP contribution in [0, 0.1) is 0 Å². The summed E-state index contributed by atoms with van der Waals surface area (Å²) < 4.78 is 0. The summed E-state index contributed by atoms with van der Waals surface area (Å²) in [6.45, 7) is 0. The monoisotopic (exact) mass is 3200 g/mol. The molecule has 0 bridgehead atoms. The first kappa shape index (κ1) is 126. The molecule has 0 spiro atoms. The predicted molar refractivity (Wildman–Crippen MR) is 738 cm³/mol. The first-order valence-electron chi connectivity index (χ1n) is 16.5. The van der Waals surface area contributed by atoms with E-state index in [0.29, 0.717) is 0 Å². The molecule has 100 heteroatoms. The van der Waals surface area contributed by atoms with Crippen LogP contribution in [0.1, 0.15) is 0 Å². The lowest BCUT2D eigenvalue weighted by atomic mass is 29.7. The van der Waals surface area contributed by atoms with Gasteiger partial charge in [-0.05, 0) is 694 Å². The second kappa shape index (κ2) is 39.6. The summed E-state index contributed by atoms with van der Waals surface area (Å²) in [6, 6.07) is 0. The van der Waals surface area contributed by atoms with E-state index in [9.17, 15) is 0 Å². The minimum Gasteiger partial charge on any atom is -0.271 e. The van der Waals surface area contributed by atoms with Crippen LogP contribution in [0.15, 0.2) is 0 Å². The van der Waals surface area contributed by atoms with Gasteiger partial charge in [-0.2, -0.15) is 0 Å². The highest BCUT2D eigenvalue weighted by molar-refractivity contribution is 9.83. The molecule has 0 nitrogen and oxygen atoms in total. The van der Waals surface area contributed by atoms with Crippen molar-refractivity contribution in [3.05, 3.63) is 0 Å². The maximum absolute atomic E-state index is 6.23. The molecule has 0 unspecified atom stereocenters. The molecule has 0 aliphatic carbocycles. The Balaban J connectivity index is 8.85. The van der Waals surface area contributed by atoms with Crippen molar-refractivity contribution in [3.8, 4) is 0 Å². The Bertz CT molecular complexity index is 7910. The van der Waals surface area contributed by atoms with Crippen LogP contribution in [-0.4, -0.2) is 0 Å². The average Bonchev–Trinajstić information content (AvgIpc) is 0.679. The van der Waals surface area contributed by atoms with Gasteiger partial charge >= 0.3 is 0 Å². The Morgan fingerprint density at radius 1 is 0.110 bits per heavy atom. The molecule has 0 aromatic rings. The fourth-order valence-corrected chi connectivity index (χ4v) is 761. The second-order valence-electron chi connectivity index (χ2n) is 13.3. The third kappa shape index (κ3) is 19.5. The minimum absolute atomic E-state index is 1.60. The lowest BCUT2D eigenvalue weighted by Gasteiger charge is -2.37. The van der Waals surface area contributed by atoms with Crippen LogP contribution >= 0.6 is 11.7 Å². The van der Waals surface area contributed by atoms with E-state index >= 15 is 0 Å². The van der Waals surface area contributed by atoms with Crippen LogP contribution in [0.3, 0.4) is 0 Å². The Hall–Kier alpha value is 26.4. The van der Waals surface area contributed by atoms with Crippen LogP contribution in [-0.2, 0) is 912 Å². The molecule has 0 atom stereocenters. The zero-order valence-electron chi connectivity index (χ0n) is 40.9. The summed E-state index contributed by atoms with van der Waals surface area (Å²) in [5.41, 5.74) is 0. The largest absolute Gasteiger partial charge is 0.271 e. The molecule has 100 heavy (non-hydrogen) atoms. The van der Waals surface area contributed by atoms with Crippen molar-refractivity contribution in [2.24, 2.45) is 0 Å². The molecule has 0 saturated carbocycles. The lowest BCUT2D eigenvalue weighted by Crippen LogP contribution is -2.41. The van der Waals surface area contributed by atoms with Crippen molar-refractivity contribution in [3.63, 3.8) is 0 Å². The minimum atomic E-state index is -4.22. The van der Waals surface area contributed by atoms with E-state index in [0.717, 1.165) is 0 Å². The molecule has 0 amide bonds. The van der Waals surface area contributed by atoms with Crippen molar-refractivity contribution in [2.75, 3.05) is 0 Å². The Kier molecular flexibility index (Phi) is 50.1. The van der Waals surface area contributed by atoms with E-state index < -0.39 is 174 Å². The summed E-state index contributed by atoms with van der Waals surface area (Å²) in [5.74, 6) is 0. The molecule has 0 aromatic heterocycles. The maximum atomic E-state index is 6.23. The smallest absolute Gasteiger partial charge is 0.0451 e. The predicted octanol–water partition coefficient (Wildman–Crippen LogP) is 0.143. The van der Waals surface area contributed by atoms with Crippen molar-refractivity contribution >= 4 is 924 Å². The average molecular weight is 3210 g/mol. The number of thiol groups is 1. The Morgan fingerprint density at radius 2 is 0.170 bits per heavy atom. The van der Waals surface area contributed by atoms with Gasteiger partial charge in [0.25, 0.3) is 0 Å². The molecular weight excluding hydrogens is 3210 g/mol. The Morgan fingerprint density at radius 3 is 0.230 bits per heavy atom. The van der Waals surface area contributed by atoms with Crippen LogP contribution in [0.5, 0.6) is 0 Å². The van der Waals surface area contributed by atoms with Gasteiger partial charge in [-0.15, -0.1) is 0 Å². The van der Waals surface area contributed by atoms with Gasteiger partial charge in [0, 0.05) is 162 Å². The van der Waals surface area contributed by atoms with Gasteiger partial charge in [0.15, 0.2) is 0 Å². The summed E-state index contributed by atoms with van der Waals surface area (Å²) >= 11 is 404. The zero-order valence-corrected chi connectivity index (χ0v) is 123. The lowest BCUT2D eigenvalue weighted by molar-refractivity contribution is 4.96. The van der Waals surface area contributed by atoms with E-state index in [1.165, 1.54) is 0 Å². The third-order valence-corrected chi connectivity index (χ3v) is 642. The van der Waals surface area contributed by atoms with Gasteiger partial charge in [-0.3, -0.25) is 7.05 Å². The number of rotatable bonds is 32. The van der Waals surface area contributed by atoms with E-state index in [4.69, 9.17) is 738 Å². The van der Waals surface area contributed by atoms with E-state index in [1.54, 1.807) is 0 Å². The molecular formula is HS100-. The van der Waals surface area contributed by atoms with Crippen molar-refractivity contribution in [2.45, 2.75) is 0 Å². The summed E-state index contributed by atoms with van der Waals surface area (Å²) in [4.78, 5) is 0. The standard InChI is InChI=1S/HS100/c1-68(2)70(6,7)72(10,11)74(14,15)76(18,19)78(22,23)80(26,27)82(30,31)84(34,35)86(38,39)88(42,43)90(46,47)92(50,51)94(54,55)96(58,59)98(62,63)100(66,67)99(64,65)97(60,61)95(56,57)93(52,53)91(48,49)89(44,45)87(40,41)85(36,37)83(32,33)81(28,29)79(24,25)77(20,21)75(16,17)73(12,13)71(8,9)69(3,4)5/h(H,3,4,5)/q-1. The molecule has 0 N–H and O–H groups in total. The van der Waals surface area contributed by atoms with Crippen LogP contribution in [0.2, 0.25) is 0 Å². The van der Waals surface area contributed by atoms with E-state index in [-0.39, 0.29) is 0 Å². The van der Waals surface area contributed by atoms with E-state index in [2.05, 4.69) is 11.7 Å². The molecule has 0 aromatic carbocycles. The molecule has 0 radical (unpaired) electrons. The molecule has 0 rings (SSSR count). The fraction of sp³-hybridized carbons (Fsp3) is 0. The van der Waals surface area contributed by atoms with Crippen molar-refractivity contribution < 1.29 is 0 Å². The highest BCUT2D eigenvalue weighted by Gasteiger charge is 2.50. The molecule has 0 aliphatic rings. The van der Waals surface area contributed by atoms with Crippen molar-refractivity contribution in [1.82, 2.24) is 0 Å². The van der Waals surface area contributed by atoms with Gasteiger partial charge < -0.3 is 0 Å².